The third-order valence-corrected chi connectivity index (χ3v) is 6.29. The van der Waals surface area contributed by atoms with Crippen molar-refractivity contribution in [3.05, 3.63) is 23.2 Å². The van der Waals surface area contributed by atoms with E-state index in [4.69, 9.17) is 11.6 Å². The molecule has 2 fully saturated rings. The van der Waals surface area contributed by atoms with Crippen LogP contribution >= 0.6 is 0 Å². The van der Waals surface area contributed by atoms with Crippen molar-refractivity contribution in [3.63, 3.8) is 0 Å². The van der Waals surface area contributed by atoms with Gasteiger partial charge in [0.15, 0.2) is 11.5 Å². The van der Waals surface area contributed by atoms with E-state index >= 15 is 0 Å². The van der Waals surface area contributed by atoms with Crippen LogP contribution in [0.4, 0.5) is 0 Å². The van der Waals surface area contributed by atoms with E-state index in [1.165, 1.54) is 7.11 Å². The minimum atomic E-state index is -2.13. The molecule has 2 N–H and O–H groups in total. The van der Waals surface area contributed by atoms with Crippen LogP contribution in [0.5, 0.6) is 11.5 Å². The summed E-state index contributed by atoms with van der Waals surface area (Å²) in [7, 11) is 1.45. The molecule has 0 spiro atoms. The fourth-order valence-corrected chi connectivity index (χ4v) is 5.07. The summed E-state index contributed by atoms with van der Waals surface area (Å²) in [4.78, 5) is 0. The standard InChI is InChI=1S/C19H26O3/c1-19-10-9-12-11-5-7-16(20)18(22-2)14(11)4-3-13(12)15(19)6-8-17(19)21/h5,7,12-13,15,17,20-21H,3-4,6,8-10H2,1-2H3/t12?,13?,15?,17-,19?/m0/s1/i5D,7D,8D2,17D. The van der Waals surface area contributed by atoms with Crippen LogP contribution in [0.3, 0.4) is 0 Å². The molecule has 4 unspecified atom stereocenters. The summed E-state index contributed by atoms with van der Waals surface area (Å²) in [5.41, 5.74) is 0.680. The van der Waals surface area contributed by atoms with Crippen LogP contribution in [0.15, 0.2) is 12.1 Å². The molecule has 0 aliphatic heterocycles. The zero-order chi connectivity index (χ0) is 19.9. The van der Waals surface area contributed by atoms with Crippen LogP contribution in [0.25, 0.3) is 0 Å². The Balaban J connectivity index is 1.83. The van der Waals surface area contributed by atoms with Gasteiger partial charge < -0.3 is 14.9 Å². The molecule has 0 heterocycles. The summed E-state index contributed by atoms with van der Waals surface area (Å²) in [6, 6.07) is -0.220. The summed E-state index contributed by atoms with van der Waals surface area (Å²) in [5.74, 6) is -0.170. The van der Waals surface area contributed by atoms with Crippen LogP contribution < -0.4 is 4.74 Å². The van der Waals surface area contributed by atoms with E-state index in [0.29, 0.717) is 19.3 Å². The van der Waals surface area contributed by atoms with Crippen LogP contribution in [-0.4, -0.2) is 23.4 Å². The van der Waals surface area contributed by atoms with E-state index in [9.17, 15) is 10.2 Å². The topological polar surface area (TPSA) is 49.7 Å². The normalized spacial score (nSPS) is 48.7. The number of phenols is 1. The van der Waals surface area contributed by atoms with E-state index < -0.39 is 17.9 Å². The number of hydrogen-bond acceptors (Lipinski definition) is 3. The number of aromatic hydroxyl groups is 1. The molecule has 0 aromatic heterocycles. The molecule has 1 aromatic carbocycles. The smallest absolute Gasteiger partial charge is 0.163 e. The minimum absolute atomic E-state index is 0.0174. The van der Waals surface area contributed by atoms with Crippen molar-refractivity contribution in [2.75, 3.05) is 7.11 Å². The average Bonchev–Trinajstić information content (AvgIpc) is 2.75. The molecule has 0 amide bonds. The van der Waals surface area contributed by atoms with Crippen molar-refractivity contribution in [2.24, 2.45) is 17.3 Å². The summed E-state index contributed by atoms with van der Waals surface area (Å²) in [5, 5.41) is 21.0. The largest absolute Gasteiger partial charge is 0.504 e. The van der Waals surface area contributed by atoms with Gasteiger partial charge in [-0.15, -0.1) is 0 Å². The molecule has 0 radical (unpaired) electrons. The second-order valence-electron chi connectivity index (χ2n) is 7.13. The molecule has 0 saturated heterocycles. The predicted molar refractivity (Wildman–Crippen MR) is 85.3 cm³/mol. The first-order chi connectivity index (χ1) is 12.5. The van der Waals surface area contributed by atoms with Crippen molar-refractivity contribution in [1.29, 1.82) is 0 Å². The zero-order valence-corrected chi connectivity index (χ0v) is 13.1. The van der Waals surface area contributed by atoms with Gasteiger partial charge in [-0.05, 0) is 73.3 Å². The molecule has 3 heteroatoms. The monoisotopic (exact) mass is 307 g/mol. The fourth-order valence-electron chi connectivity index (χ4n) is 5.07. The second-order valence-corrected chi connectivity index (χ2v) is 7.13. The third-order valence-electron chi connectivity index (χ3n) is 6.29. The van der Waals surface area contributed by atoms with Crippen molar-refractivity contribution in [1.82, 2.24) is 0 Å². The molecular weight excluding hydrogens is 276 g/mol. The quantitative estimate of drug-likeness (QED) is 0.833. The Kier molecular flexibility index (Phi) is 2.18. The Labute approximate surface area is 139 Å². The highest BCUT2D eigenvalue weighted by Gasteiger charge is 2.54. The molecule has 0 bridgehead atoms. The van der Waals surface area contributed by atoms with Gasteiger partial charge in [0.2, 0.25) is 0 Å². The maximum absolute atomic E-state index is 10.8. The van der Waals surface area contributed by atoms with Gasteiger partial charge in [0.05, 0.1) is 17.3 Å². The van der Waals surface area contributed by atoms with Gasteiger partial charge in [-0.25, -0.2) is 0 Å². The van der Waals surface area contributed by atoms with Gasteiger partial charge in [0, 0.05) is 8.30 Å². The number of benzene rings is 1. The van der Waals surface area contributed by atoms with Crippen LogP contribution in [0, 0.1) is 17.3 Å². The van der Waals surface area contributed by atoms with Crippen molar-refractivity contribution >= 4 is 0 Å². The molecule has 120 valence electrons. The van der Waals surface area contributed by atoms with Crippen molar-refractivity contribution in [2.45, 2.75) is 57.4 Å². The highest BCUT2D eigenvalue weighted by atomic mass is 16.5. The van der Waals surface area contributed by atoms with Gasteiger partial charge in [-0.1, -0.05) is 13.0 Å². The molecule has 1 aromatic rings. The van der Waals surface area contributed by atoms with Gasteiger partial charge in [-0.2, -0.15) is 0 Å². The SMILES string of the molecule is [2H]c1c([2H])c2c(c(OC)c1O)CCC1C2CCC2(C)C1CC([2H])([2H])[C@]2([2H])O. The van der Waals surface area contributed by atoms with Crippen molar-refractivity contribution in [3.8, 4) is 11.5 Å². The molecule has 5 atom stereocenters. The first kappa shape index (κ1) is 9.82. The summed E-state index contributed by atoms with van der Waals surface area (Å²) in [6.45, 7) is 1.83. The molecule has 22 heavy (non-hydrogen) atoms. The van der Waals surface area contributed by atoms with Gasteiger partial charge in [0.1, 0.15) is 0 Å². The summed E-state index contributed by atoms with van der Waals surface area (Å²) < 4.78 is 46.8. The Morgan fingerprint density at radius 3 is 3.00 bits per heavy atom. The fraction of sp³-hybridized carbons (Fsp3) is 0.684. The summed E-state index contributed by atoms with van der Waals surface area (Å²) >= 11 is 0. The van der Waals surface area contributed by atoms with Crippen molar-refractivity contribution < 1.29 is 21.8 Å². The van der Waals surface area contributed by atoms with Crippen LogP contribution in [-0.2, 0) is 6.42 Å². The summed E-state index contributed by atoms with van der Waals surface area (Å²) in [6.07, 6.45) is -1.54. The molecular formula is C19H26O3. The Morgan fingerprint density at radius 2 is 2.23 bits per heavy atom. The number of rotatable bonds is 1. The van der Waals surface area contributed by atoms with Gasteiger partial charge in [0.25, 0.3) is 0 Å². The molecule has 2 saturated carbocycles. The maximum Gasteiger partial charge on any atom is 0.163 e. The lowest BCUT2D eigenvalue weighted by atomic mass is 9.55. The lowest BCUT2D eigenvalue weighted by Crippen LogP contribution is -2.43. The number of aliphatic hydroxyl groups is 1. The van der Waals surface area contributed by atoms with Gasteiger partial charge in [-0.3, -0.25) is 0 Å². The third kappa shape index (κ3) is 1.78. The Morgan fingerprint density at radius 1 is 1.41 bits per heavy atom. The van der Waals surface area contributed by atoms with E-state index in [0.717, 1.165) is 17.5 Å². The molecule has 3 aliphatic rings. The van der Waals surface area contributed by atoms with Gasteiger partial charge >= 0.3 is 0 Å². The first-order valence-corrected chi connectivity index (χ1v) is 8.09. The highest BCUT2D eigenvalue weighted by molar-refractivity contribution is 5.52. The lowest BCUT2D eigenvalue weighted by Gasteiger charge is -2.50. The van der Waals surface area contributed by atoms with E-state index in [1.54, 1.807) is 0 Å². The predicted octanol–water partition coefficient (Wildman–Crippen LogP) is 3.62. The Hall–Kier alpha value is -1.22. The van der Waals surface area contributed by atoms with Crippen LogP contribution in [0.2, 0.25) is 0 Å². The van der Waals surface area contributed by atoms with E-state index in [-0.39, 0.29) is 47.8 Å². The zero-order valence-electron chi connectivity index (χ0n) is 18.1. The molecule has 3 aliphatic carbocycles. The minimum Gasteiger partial charge on any atom is -0.504 e. The number of hydrogen-bond donors (Lipinski definition) is 2. The van der Waals surface area contributed by atoms with Crippen LogP contribution in [0.1, 0.15) is 62.9 Å². The first-order valence-electron chi connectivity index (χ1n) is 10.6. The second kappa shape index (κ2) is 4.89. The number of methoxy groups -OCH3 is 1. The maximum atomic E-state index is 10.8. The number of fused-ring (bicyclic) bond motifs is 5. The number of ether oxygens (including phenoxy) is 1. The lowest BCUT2D eigenvalue weighted by molar-refractivity contribution is -0.0227. The van der Waals surface area contributed by atoms with E-state index in [1.807, 2.05) is 6.92 Å². The molecule has 4 rings (SSSR count). The van der Waals surface area contributed by atoms with E-state index in [2.05, 4.69) is 0 Å². The molecule has 3 nitrogen and oxygen atoms in total. The highest BCUT2D eigenvalue weighted by Crippen LogP contribution is 2.61. The number of phenolic OH excluding ortho intramolecular Hbond substituents is 1. The Bertz CT molecular complexity index is 809. The average molecular weight is 307 g/mol.